The summed E-state index contributed by atoms with van der Waals surface area (Å²) in [7, 11) is 1.65. The molecule has 0 aliphatic rings. The molecule has 0 amide bonds. The van der Waals surface area contributed by atoms with E-state index >= 15 is 0 Å². The normalized spacial score (nSPS) is 11.6. The van der Waals surface area contributed by atoms with Gasteiger partial charge in [0.1, 0.15) is 0 Å². The Bertz CT molecular complexity index is 917. The maximum absolute atomic E-state index is 10.8. The fraction of sp³-hybridized carbons (Fsp3) is 0.176. The van der Waals surface area contributed by atoms with E-state index in [9.17, 15) is 10.1 Å². The van der Waals surface area contributed by atoms with Crippen LogP contribution in [0.2, 0.25) is 0 Å². The third-order valence-electron chi connectivity index (χ3n) is 3.56. The molecule has 0 aliphatic carbocycles. The number of benzene rings is 1. The molecule has 0 spiro atoms. The summed E-state index contributed by atoms with van der Waals surface area (Å²) in [5, 5.41) is 12.8. The van der Waals surface area contributed by atoms with E-state index < -0.39 is 4.92 Å². The lowest BCUT2D eigenvalue weighted by Gasteiger charge is -2.08. The van der Waals surface area contributed by atoms with Crippen molar-refractivity contribution in [1.82, 2.24) is 9.55 Å². The highest BCUT2D eigenvalue weighted by atomic mass is 32.1. The lowest BCUT2D eigenvalue weighted by Crippen LogP contribution is -2.18. The number of nitro groups is 1. The molecule has 7 nitrogen and oxygen atoms in total. The summed E-state index contributed by atoms with van der Waals surface area (Å²) in [5.41, 5.74) is 2.68. The number of ether oxygens (including phenoxy) is 1. The van der Waals surface area contributed by atoms with Crippen LogP contribution in [-0.2, 0) is 11.3 Å². The largest absolute Gasteiger partial charge is 0.383 e. The Morgan fingerprint density at radius 2 is 2.12 bits per heavy atom. The van der Waals surface area contributed by atoms with E-state index in [1.165, 1.54) is 23.5 Å². The van der Waals surface area contributed by atoms with Crippen molar-refractivity contribution in [3.8, 4) is 11.3 Å². The lowest BCUT2D eigenvalue weighted by molar-refractivity contribution is -0.384. The highest BCUT2D eigenvalue weighted by Crippen LogP contribution is 2.23. The van der Waals surface area contributed by atoms with Crippen LogP contribution in [0.25, 0.3) is 11.3 Å². The van der Waals surface area contributed by atoms with Gasteiger partial charge in [-0.3, -0.25) is 15.1 Å². The van der Waals surface area contributed by atoms with Crippen LogP contribution in [0.15, 0.2) is 59.2 Å². The Labute approximate surface area is 148 Å². The summed E-state index contributed by atoms with van der Waals surface area (Å²) in [4.78, 5) is 20.0. The molecule has 2 aromatic heterocycles. The standard InChI is InChI=1S/C17H16N4O3S/c1-24-10-9-20-16(13-4-6-15(7-5-13)21(22)23)12-25-17(20)19-14-3-2-8-18-11-14/h2-8,11-12H,9-10H2,1H3. The van der Waals surface area contributed by atoms with Crippen molar-refractivity contribution in [2.45, 2.75) is 6.54 Å². The quantitative estimate of drug-likeness (QED) is 0.501. The first-order valence-corrected chi connectivity index (χ1v) is 8.44. The SMILES string of the molecule is COCCn1c(-c2ccc([N+](=O)[O-])cc2)csc1=Nc1cccnc1. The van der Waals surface area contributed by atoms with Crippen molar-refractivity contribution in [3.63, 3.8) is 0 Å². The third-order valence-corrected chi connectivity index (χ3v) is 4.42. The van der Waals surface area contributed by atoms with Crippen molar-refractivity contribution in [2.24, 2.45) is 4.99 Å². The number of pyridine rings is 1. The number of methoxy groups -OCH3 is 1. The highest BCUT2D eigenvalue weighted by Gasteiger charge is 2.10. The van der Waals surface area contributed by atoms with Gasteiger partial charge in [0.2, 0.25) is 0 Å². The predicted molar refractivity (Wildman–Crippen MR) is 95.7 cm³/mol. The minimum absolute atomic E-state index is 0.0719. The third kappa shape index (κ3) is 3.98. The molecule has 0 N–H and O–H groups in total. The van der Waals surface area contributed by atoms with Crippen LogP contribution in [0.1, 0.15) is 0 Å². The second-order valence-electron chi connectivity index (χ2n) is 5.17. The average Bonchev–Trinajstić information content (AvgIpc) is 3.03. The van der Waals surface area contributed by atoms with Gasteiger partial charge in [-0.2, -0.15) is 0 Å². The first kappa shape index (κ1) is 17.0. The number of thiazole rings is 1. The topological polar surface area (TPSA) is 82.5 Å². The summed E-state index contributed by atoms with van der Waals surface area (Å²) in [5.74, 6) is 0. The van der Waals surface area contributed by atoms with Crippen LogP contribution in [0, 0.1) is 10.1 Å². The number of non-ortho nitro benzene ring substituents is 1. The second kappa shape index (κ2) is 7.82. The van der Waals surface area contributed by atoms with Crippen molar-refractivity contribution < 1.29 is 9.66 Å². The molecule has 8 heteroatoms. The van der Waals surface area contributed by atoms with Gasteiger partial charge in [0.15, 0.2) is 4.80 Å². The number of nitro benzene ring substituents is 1. The van der Waals surface area contributed by atoms with Crippen LogP contribution < -0.4 is 4.80 Å². The van der Waals surface area contributed by atoms with E-state index in [4.69, 9.17) is 4.74 Å². The molecule has 0 aliphatic heterocycles. The first-order chi connectivity index (χ1) is 12.2. The zero-order chi connectivity index (χ0) is 17.6. The lowest BCUT2D eigenvalue weighted by atomic mass is 10.1. The fourth-order valence-corrected chi connectivity index (χ4v) is 3.29. The number of rotatable bonds is 6. The van der Waals surface area contributed by atoms with Crippen LogP contribution in [-0.4, -0.2) is 28.2 Å². The molecule has 0 bridgehead atoms. The molecular weight excluding hydrogens is 340 g/mol. The van der Waals surface area contributed by atoms with Crippen LogP contribution in [0.5, 0.6) is 0 Å². The van der Waals surface area contributed by atoms with Crippen LogP contribution in [0.4, 0.5) is 11.4 Å². The monoisotopic (exact) mass is 356 g/mol. The molecule has 0 atom stereocenters. The minimum atomic E-state index is -0.403. The van der Waals surface area contributed by atoms with Gasteiger partial charge in [-0.1, -0.05) is 0 Å². The molecule has 0 unspecified atom stereocenters. The zero-order valence-electron chi connectivity index (χ0n) is 13.5. The highest BCUT2D eigenvalue weighted by molar-refractivity contribution is 7.07. The molecule has 3 rings (SSSR count). The summed E-state index contributed by atoms with van der Waals surface area (Å²) < 4.78 is 7.25. The van der Waals surface area contributed by atoms with Gasteiger partial charge in [0, 0.05) is 37.4 Å². The van der Waals surface area contributed by atoms with Crippen LogP contribution >= 0.6 is 11.3 Å². The van der Waals surface area contributed by atoms with Gasteiger partial charge in [0.25, 0.3) is 5.69 Å². The van der Waals surface area contributed by atoms with Gasteiger partial charge in [0.05, 0.1) is 29.1 Å². The summed E-state index contributed by atoms with van der Waals surface area (Å²) in [6.07, 6.45) is 3.40. The van der Waals surface area contributed by atoms with E-state index in [1.54, 1.807) is 31.6 Å². The van der Waals surface area contributed by atoms with E-state index in [0.717, 1.165) is 21.7 Å². The Balaban J connectivity index is 2.04. The van der Waals surface area contributed by atoms with Gasteiger partial charge in [-0.25, -0.2) is 4.99 Å². The second-order valence-corrected chi connectivity index (χ2v) is 6.01. The summed E-state index contributed by atoms with van der Waals surface area (Å²) >= 11 is 1.51. The summed E-state index contributed by atoms with van der Waals surface area (Å²) in [6.45, 7) is 1.17. The molecule has 1 aromatic carbocycles. The van der Waals surface area contributed by atoms with E-state index in [1.807, 2.05) is 22.1 Å². The number of hydrogen-bond donors (Lipinski definition) is 0. The molecule has 0 saturated carbocycles. The molecular formula is C17H16N4O3S. The fourth-order valence-electron chi connectivity index (χ4n) is 2.33. The molecule has 3 aromatic rings. The zero-order valence-corrected chi connectivity index (χ0v) is 14.3. The van der Waals surface area contributed by atoms with Gasteiger partial charge in [-0.15, -0.1) is 11.3 Å². The molecule has 25 heavy (non-hydrogen) atoms. The Hall–Kier alpha value is -2.84. The Morgan fingerprint density at radius 1 is 1.32 bits per heavy atom. The van der Waals surface area contributed by atoms with Gasteiger partial charge < -0.3 is 9.30 Å². The molecule has 0 fully saturated rings. The maximum Gasteiger partial charge on any atom is 0.269 e. The Morgan fingerprint density at radius 3 is 2.76 bits per heavy atom. The maximum atomic E-state index is 10.8. The van der Waals surface area contributed by atoms with Crippen LogP contribution in [0.3, 0.4) is 0 Å². The van der Waals surface area contributed by atoms with E-state index in [-0.39, 0.29) is 5.69 Å². The average molecular weight is 356 g/mol. The number of nitrogens with zero attached hydrogens (tertiary/aromatic N) is 4. The summed E-state index contributed by atoms with van der Waals surface area (Å²) in [6, 6.07) is 10.2. The van der Waals surface area contributed by atoms with Gasteiger partial charge in [-0.05, 0) is 29.8 Å². The molecule has 0 radical (unpaired) electrons. The predicted octanol–water partition coefficient (Wildman–Crippen LogP) is 3.40. The molecule has 128 valence electrons. The van der Waals surface area contributed by atoms with Crippen molar-refractivity contribution in [3.05, 3.63) is 69.1 Å². The first-order valence-electron chi connectivity index (χ1n) is 7.56. The van der Waals surface area contributed by atoms with E-state index in [2.05, 4.69) is 9.98 Å². The number of hydrogen-bond acceptors (Lipinski definition) is 6. The Kier molecular flexibility index (Phi) is 5.32. The molecule has 0 saturated heterocycles. The van der Waals surface area contributed by atoms with Crippen molar-refractivity contribution in [2.75, 3.05) is 13.7 Å². The van der Waals surface area contributed by atoms with Crippen molar-refractivity contribution in [1.29, 1.82) is 0 Å². The van der Waals surface area contributed by atoms with Gasteiger partial charge >= 0.3 is 0 Å². The van der Waals surface area contributed by atoms with E-state index in [0.29, 0.717) is 13.2 Å². The van der Waals surface area contributed by atoms with Crippen molar-refractivity contribution >= 4 is 22.7 Å². The smallest absolute Gasteiger partial charge is 0.269 e. The number of aromatic nitrogens is 2. The molecule has 2 heterocycles. The minimum Gasteiger partial charge on any atom is -0.383 e.